The SMILES string of the molecule is Cc1ccc(N2CC(C)(C3CC3)NCC2C)cn1. The molecule has 0 radical (unpaired) electrons. The summed E-state index contributed by atoms with van der Waals surface area (Å²) in [6.07, 6.45) is 4.79. The smallest absolute Gasteiger partial charge is 0.0556 e. The molecule has 2 unspecified atom stereocenters. The van der Waals surface area contributed by atoms with Crippen LogP contribution in [0.1, 0.15) is 32.4 Å². The average Bonchev–Trinajstić information content (AvgIpc) is 3.18. The van der Waals surface area contributed by atoms with Crippen LogP contribution in [0.15, 0.2) is 18.3 Å². The van der Waals surface area contributed by atoms with Gasteiger partial charge in [0.1, 0.15) is 0 Å². The molecule has 2 atom stereocenters. The Morgan fingerprint density at radius 2 is 2.17 bits per heavy atom. The molecule has 1 aliphatic heterocycles. The van der Waals surface area contributed by atoms with Gasteiger partial charge in [0.25, 0.3) is 0 Å². The van der Waals surface area contributed by atoms with Gasteiger partial charge in [-0.25, -0.2) is 0 Å². The largest absolute Gasteiger partial charge is 0.364 e. The summed E-state index contributed by atoms with van der Waals surface area (Å²) < 4.78 is 0. The van der Waals surface area contributed by atoms with E-state index in [1.165, 1.54) is 18.5 Å². The fourth-order valence-electron chi connectivity index (χ4n) is 3.03. The van der Waals surface area contributed by atoms with E-state index in [0.29, 0.717) is 6.04 Å². The van der Waals surface area contributed by atoms with E-state index in [4.69, 9.17) is 0 Å². The van der Waals surface area contributed by atoms with E-state index in [9.17, 15) is 0 Å². The van der Waals surface area contributed by atoms with Crippen LogP contribution in [0, 0.1) is 12.8 Å². The minimum atomic E-state index is 0.289. The molecule has 1 aromatic rings. The van der Waals surface area contributed by atoms with Crippen molar-refractivity contribution in [2.24, 2.45) is 5.92 Å². The summed E-state index contributed by atoms with van der Waals surface area (Å²) in [5, 5.41) is 3.76. The van der Waals surface area contributed by atoms with Crippen LogP contribution in [0.2, 0.25) is 0 Å². The quantitative estimate of drug-likeness (QED) is 0.867. The first-order chi connectivity index (χ1) is 8.58. The lowest BCUT2D eigenvalue weighted by Gasteiger charge is -2.46. The fourth-order valence-corrected chi connectivity index (χ4v) is 3.03. The summed E-state index contributed by atoms with van der Waals surface area (Å²) >= 11 is 0. The molecular formula is C15H23N3. The fraction of sp³-hybridized carbons (Fsp3) is 0.667. The van der Waals surface area contributed by atoms with Crippen LogP contribution in [0.3, 0.4) is 0 Å². The lowest BCUT2D eigenvalue weighted by molar-refractivity contribution is 0.260. The Hall–Kier alpha value is -1.09. The first-order valence-corrected chi connectivity index (χ1v) is 7.03. The summed E-state index contributed by atoms with van der Waals surface area (Å²) in [4.78, 5) is 6.95. The topological polar surface area (TPSA) is 28.2 Å². The van der Waals surface area contributed by atoms with Crippen molar-refractivity contribution in [2.75, 3.05) is 18.0 Å². The number of pyridine rings is 1. The molecule has 1 saturated carbocycles. The lowest BCUT2D eigenvalue weighted by atomic mass is 9.91. The first kappa shape index (κ1) is 12.0. The van der Waals surface area contributed by atoms with Crippen LogP contribution in [-0.2, 0) is 0 Å². The van der Waals surface area contributed by atoms with E-state index in [-0.39, 0.29) is 5.54 Å². The zero-order valence-corrected chi connectivity index (χ0v) is 11.6. The van der Waals surface area contributed by atoms with Crippen molar-refractivity contribution in [3.63, 3.8) is 0 Å². The van der Waals surface area contributed by atoms with Crippen LogP contribution in [-0.4, -0.2) is 29.7 Å². The maximum atomic E-state index is 4.43. The molecule has 3 nitrogen and oxygen atoms in total. The van der Waals surface area contributed by atoms with E-state index in [2.05, 4.69) is 41.2 Å². The van der Waals surface area contributed by atoms with Crippen molar-refractivity contribution in [3.8, 4) is 0 Å². The molecule has 2 fully saturated rings. The van der Waals surface area contributed by atoms with Crippen LogP contribution in [0.25, 0.3) is 0 Å². The molecular weight excluding hydrogens is 222 g/mol. The summed E-state index contributed by atoms with van der Waals surface area (Å²) in [7, 11) is 0. The van der Waals surface area contributed by atoms with E-state index >= 15 is 0 Å². The van der Waals surface area contributed by atoms with E-state index in [1.54, 1.807) is 0 Å². The van der Waals surface area contributed by atoms with Crippen LogP contribution in [0.4, 0.5) is 5.69 Å². The Labute approximate surface area is 110 Å². The number of nitrogens with one attached hydrogen (secondary N) is 1. The third-order valence-corrected chi connectivity index (χ3v) is 4.54. The Morgan fingerprint density at radius 3 is 2.78 bits per heavy atom. The third-order valence-electron chi connectivity index (χ3n) is 4.54. The van der Waals surface area contributed by atoms with Crippen LogP contribution >= 0.6 is 0 Å². The van der Waals surface area contributed by atoms with Gasteiger partial charge >= 0.3 is 0 Å². The van der Waals surface area contributed by atoms with Crippen molar-refractivity contribution >= 4 is 5.69 Å². The van der Waals surface area contributed by atoms with Crippen LogP contribution < -0.4 is 10.2 Å². The zero-order chi connectivity index (χ0) is 12.8. The first-order valence-electron chi connectivity index (χ1n) is 7.03. The van der Waals surface area contributed by atoms with E-state index in [1.807, 2.05) is 13.1 Å². The summed E-state index contributed by atoms with van der Waals surface area (Å²) in [6, 6.07) is 4.86. The second-order valence-corrected chi connectivity index (χ2v) is 6.21. The number of rotatable bonds is 2. The van der Waals surface area contributed by atoms with Gasteiger partial charge in [0.05, 0.1) is 11.9 Å². The molecule has 3 heteroatoms. The molecule has 1 aromatic heterocycles. The van der Waals surface area contributed by atoms with Gasteiger partial charge in [-0.2, -0.15) is 0 Å². The second kappa shape index (κ2) is 4.23. The van der Waals surface area contributed by atoms with Crippen molar-refractivity contribution in [3.05, 3.63) is 24.0 Å². The maximum absolute atomic E-state index is 4.43. The van der Waals surface area contributed by atoms with Gasteiger partial charge < -0.3 is 10.2 Å². The Kier molecular flexibility index (Phi) is 2.81. The molecule has 3 rings (SSSR count). The lowest BCUT2D eigenvalue weighted by Crippen LogP contribution is -2.63. The van der Waals surface area contributed by atoms with Gasteiger partial charge in [0.2, 0.25) is 0 Å². The van der Waals surface area contributed by atoms with Gasteiger partial charge in [-0.3, -0.25) is 4.98 Å². The molecule has 1 aliphatic carbocycles. The Bertz CT molecular complexity index is 424. The molecule has 2 heterocycles. The van der Waals surface area contributed by atoms with E-state index in [0.717, 1.165) is 24.7 Å². The maximum Gasteiger partial charge on any atom is 0.0556 e. The highest BCUT2D eigenvalue weighted by atomic mass is 15.3. The minimum absolute atomic E-state index is 0.289. The average molecular weight is 245 g/mol. The highest BCUT2D eigenvalue weighted by molar-refractivity contribution is 5.47. The van der Waals surface area contributed by atoms with Gasteiger partial charge in [0, 0.05) is 30.4 Å². The molecule has 18 heavy (non-hydrogen) atoms. The molecule has 1 N–H and O–H groups in total. The predicted octanol–water partition coefficient (Wildman–Crippen LogP) is 2.36. The highest BCUT2D eigenvalue weighted by Gasteiger charge is 2.45. The number of piperazine rings is 1. The molecule has 98 valence electrons. The van der Waals surface area contributed by atoms with Crippen molar-refractivity contribution in [2.45, 2.75) is 45.2 Å². The summed E-state index contributed by atoms with van der Waals surface area (Å²) in [5.41, 5.74) is 2.64. The second-order valence-electron chi connectivity index (χ2n) is 6.21. The van der Waals surface area contributed by atoms with E-state index < -0.39 is 0 Å². The van der Waals surface area contributed by atoms with Crippen molar-refractivity contribution in [1.29, 1.82) is 0 Å². The normalized spacial score (nSPS) is 32.6. The predicted molar refractivity (Wildman–Crippen MR) is 74.9 cm³/mol. The zero-order valence-electron chi connectivity index (χ0n) is 11.6. The standard InChI is InChI=1S/C15H23N3/c1-11-4-7-14(9-16-11)18-10-15(3,13-5-6-13)17-8-12(18)2/h4,7,9,12-13,17H,5-6,8,10H2,1-3H3. The molecule has 0 aromatic carbocycles. The van der Waals surface area contributed by atoms with Gasteiger partial charge in [-0.1, -0.05) is 0 Å². The minimum Gasteiger partial charge on any atom is -0.364 e. The third kappa shape index (κ3) is 2.12. The number of nitrogens with zero attached hydrogens (tertiary/aromatic N) is 2. The van der Waals surface area contributed by atoms with Crippen molar-refractivity contribution in [1.82, 2.24) is 10.3 Å². The Balaban J connectivity index is 1.82. The Morgan fingerprint density at radius 1 is 1.39 bits per heavy atom. The number of anilines is 1. The molecule has 0 bridgehead atoms. The molecule has 2 aliphatic rings. The van der Waals surface area contributed by atoms with Gasteiger partial charge in [-0.15, -0.1) is 0 Å². The van der Waals surface area contributed by atoms with Crippen LogP contribution in [0.5, 0.6) is 0 Å². The number of aryl methyl sites for hydroxylation is 1. The number of hydrogen-bond donors (Lipinski definition) is 1. The molecule has 0 spiro atoms. The van der Waals surface area contributed by atoms with Gasteiger partial charge in [0.15, 0.2) is 0 Å². The monoisotopic (exact) mass is 245 g/mol. The number of aromatic nitrogens is 1. The molecule has 0 amide bonds. The van der Waals surface area contributed by atoms with Crippen molar-refractivity contribution < 1.29 is 0 Å². The number of hydrogen-bond acceptors (Lipinski definition) is 3. The highest BCUT2D eigenvalue weighted by Crippen LogP contribution is 2.41. The summed E-state index contributed by atoms with van der Waals surface area (Å²) in [6.45, 7) is 8.88. The van der Waals surface area contributed by atoms with Gasteiger partial charge in [-0.05, 0) is 51.7 Å². The molecule has 1 saturated heterocycles. The summed E-state index contributed by atoms with van der Waals surface area (Å²) in [5.74, 6) is 0.867.